The summed E-state index contributed by atoms with van der Waals surface area (Å²) in [4.78, 5) is 16.1. The molecule has 0 aliphatic heterocycles. The number of aromatic hydroxyl groups is 2. The molecule has 0 amide bonds. The van der Waals surface area contributed by atoms with E-state index in [4.69, 9.17) is 10.5 Å². The summed E-state index contributed by atoms with van der Waals surface area (Å²) in [5.41, 5.74) is 6.08. The van der Waals surface area contributed by atoms with Gasteiger partial charge in [-0.2, -0.15) is 0 Å². The standard InChI is InChI=1S/C12H12N2O5/c13-8-1-3-9(4-2-8)18-7-12(17)19-14-10(15)5-6-11(14)16/h1-6,15-16H,7,13H2. The van der Waals surface area contributed by atoms with Crippen molar-refractivity contribution in [1.29, 1.82) is 0 Å². The number of hydrogen-bond donors (Lipinski definition) is 3. The average molecular weight is 264 g/mol. The fourth-order valence-corrected chi connectivity index (χ4v) is 1.33. The molecule has 0 aliphatic carbocycles. The van der Waals surface area contributed by atoms with Gasteiger partial charge in [0.15, 0.2) is 6.61 Å². The number of nitrogens with zero attached hydrogens (tertiary/aromatic N) is 1. The van der Waals surface area contributed by atoms with Gasteiger partial charge in [-0.3, -0.25) is 0 Å². The van der Waals surface area contributed by atoms with Gasteiger partial charge in [-0.05, 0) is 24.3 Å². The molecule has 1 aromatic carbocycles. The molecule has 0 saturated heterocycles. The minimum absolute atomic E-state index is 0.374. The molecule has 4 N–H and O–H groups in total. The van der Waals surface area contributed by atoms with E-state index in [1.807, 2.05) is 0 Å². The van der Waals surface area contributed by atoms with Crippen molar-refractivity contribution in [3.63, 3.8) is 0 Å². The van der Waals surface area contributed by atoms with E-state index in [1.54, 1.807) is 24.3 Å². The Kier molecular flexibility index (Phi) is 3.46. The van der Waals surface area contributed by atoms with Crippen LogP contribution in [0.5, 0.6) is 17.5 Å². The Morgan fingerprint density at radius 1 is 1.11 bits per heavy atom. The lowest BCUT2D eigenvalue weighted by Gasteiger charge is -2.08. The minimum atomic E-state index is -0.779. The van der Waals surface area contributed by atoms with Crippen LogP contribution in [0, 0.1) is 0 Å². The van der Waals surface area contributed by atoms with Crippen molar-refractivity contribution in [2.75, 3.05) is 12.3 Å². The topological polar surface area (TPSA) is 107 Å². The number of aromatic nitrogens is 1. The van der Waals surface area contributed by atoms with Gasteiger partial charge in [-0.15, -0.1) is 4.73 Å². The summed E-state index contributed by atoms with van der Waals surface area (Å²) in [5, 5.41) is 18.5. The smallest absolute Gasteiger partial charge is 0.370 e. The van der Waals surface area contributed by atoms with Crippen LogP contribution in [0.1, 0.15) is 0 Å². The number of rotatable bonds is 4. The third-order valence-electron chi connectivity index (χ3n) is 2.23. The first-order chi connectivity index (χ1) is 9.06. The molecule has 0 radical (unpaired) electrons. The van der Waals surface area contributed by atoms with E-state index in [2.05, 4.69) is 4.84 Å². The maximum atomic E-state index is 11.4. The Balaban J connectivity index is 1.90. The molecule has 0 bridgehead atoms. The number of nitrogen functional groups attached to an aromatic ring is 1. The molecule has 0 unspecified atom stereocenters. The highest BCUT2D eigenvalue weighted by atomic mass is 16.7. The molecular weight excluding hydrogens is 252 g/mol. The predicted molar refractivity (Wildman–Crippen MR) is 65.7 cm³/mol. The van der Waals surface area contributed by atoms with Crippen molar-refractivity contribution in [1.82, 2.24) is 4.73 Å². The maximum absolute atomic E-state index is 11.4. The van der Waals surface area contributed by atoms with Crippen molar-refractivity contribution in [3.8, 4) is 17.5 Å². The second-order valence-corrected chi connectivity index (χ2v) is 3.67. The highest BCUT2D eigenvalue weighted by Crippen LogP contribution is 2.18. The van der Waals surface area contributed by atoms with Crippen LogP contribution < -0.4 is 15.3 Å². The number of hydrogen-bond acceptors (Lipinski definition) is 6. The van der Waals surface area contributed by atoms with Crippen LogP contribution in [0.4, 0.5) is 5.69 Å². The molecule has 0 saturated carbocycles. The number of carbonyl (C=O) groups excluding carboxylic acids is 1. The fourth-order valence-electron chi connectivity index (χ4n) is 1.33. The summed E-state index contributed by atoms with van der Waals surface area (Å²) in [6, 6.07) is 8.84. The summed E-state index contributed by atoms with van der Waals surface area (Å²) < 4.78 is 5.74. The first kappa shape index (κ1) is 12.6. The van der Waals surface area contributed by atoms with Crippen molar-refractivity contribution in [3.05, 3.63) is 36.4 Å². The van der Waals surface area contributed by atoms with Gasteiger partial charge in [-0.25, -0.2) is 4.79 Å². The van der Waals surface area contributed by atoms with Crippen LogP contribution in [0.3, 0.4) is 0 Å². The Bertz CT molecular complexity index is 557. The lowest BCUT2D eigenvalue weighted by Crippen LogP contribution is -2.24. The van der Waals surface area contributed by atoms with E-state index in [0.717, 1.165) is 0 Å². The van der Waals surface area contributed by atoms with E-state index in [1.165, 1.54) is 12.1 Å². The van der Waals surface area contributed by atoms with Crippen LogP contribution in [0.25, 0.3) is 0 Å². The number of anilines is 1. The van der Waals surface area contributed by atoms with E-state index < -0.39 is 17.7 Å². The molecule has 0 spiro atoms. The highest BCUT2D eigenvalue weighted by Gasteiger charge is 2.12. The van der Waals surface area contributed by atoms with Crippen molar-refractivity contribution in [2.45, 2.75) is 0 Å². The Labute approximate surface area is 108 Å². The first-order valence-corrected chi connectivity index (χ1v) is 5.35. The lowest BCUT2D eigenvalue weighted by molar-refractivity contribution is -0.147. The predicted octanol–water partition coefficient (Wildman–Crippen LogP) is 0.516. The molecule has 2 aromatic rings. The molecule has 2 rings (SSSR count). The van der Waals surface area contributed by atoms with Crippen LogP contribution >= 0.6 is 0 Å². The second-order valence-electron chi connectivity index (χ2n) is 3.67. The van der Waals surface area contributed by atoms with Crippen LogP contribution in [0.2, 0.25) is 0 Å². The van der Waals surface area contributed by atoms with Crippen molar-refractivity contribution in [2.24, 2.45) is 0 Å². The zero-order valence-corrected chi connectivity index (χ0v) is 9.81. The Morgan fingerprint density at radius 3 is 2.26 bits per heavy atom. The van der Waals surface area contributed by atoms with E-state index in [0.29, 0.717) is 16.2 Å². The van der Waals surface area contributed by atoms with Gasteiger partial charge in [0.2, 0.25) is 11.8 Å². The SMILES string of the molecule is Nc1ccc(OCC(=O)On2c(O)ccc2O)cc1. The van der Waals surface area contributed by atoms with Gasteiger partial charge >= 0.3 is 5.97 Å². The normalized spacial score (nSPS) is 10.1. The van der Waals surface area contributed by atoms with Crippen LogP contribution in [-0.4, -0.2) is 27.5 Å². The van der Waals surface area contributed by atoms with E-state index in [9.17, 15) is 15.0 Å². The minimum Gasteiger partial charge on any atom is -0.492 e. The lowest BCUT2D eigenvalue weighted by atomic mass is 10.3. The van der Waals surface area contributed by atoms with Gasteiger partial charge < -0.3 is 25.5 Å². The van der Waals surface area contributed by atoms with E-state index >= 15 is 0 Å². The third-order valence-corrected chi connectivity index (χ3v) is 2.23. The number of ether oxygens (including phenoxy) is 1. The second kappa shape index (κ2) is 5.21. The van der Waals surface area contributed by atoms with Gasteiger partial charge in [0, 0.05) is 17.8 Å². The molecule has 1 aromatic heterocycles. The zero-order valence-electron chi connectivity index (χ0n) is 9.81. The van der Waals surface area contributed by atoms with Crippen LogP contribution in [-0.2, 0) is 4.79 Å². The Hall–Kier alpha value is -2.83. The quantitative estimate of drug-likeness (QED) is 0.695. The molecule has 0 atom stereocenters. The van der Waals surface area contributed by atoms with Crippen molar-refractivity contribution >= 4 is 11.7 Å². The molecule has 7 nitrogen and oxygen atoms in total. The van der Waals surface area contributed by atoms with Gasteiger partial charge in [0.25, 0.3) is 0 Å². The average Bonchev–Trinajstić information content (AvgIpc) is 2.70. The summed E-state index contributed by atoms with van der Waals surface area (Å²) in [7, 11) is 0. The van der Waals surface area contributed by atoms with Crippen LogP contribution in [0.15, 0.2) is 36.4 Å². The Morgan fingerprint density at radius 2 is 1.68 bits per heavy atom. The number of benzene rings is 1. The summed E-state index contributed by atoms with van der Waals surface area (Å²) in [6.45, 7) is -0.374. The van der Waals surface area contributed by atoms with Crippen molar-refractivity contribution < 1.29 is 24.6 Å². The maximum Gasteiger partial charge on any atom is 0.370 e. The molecule has 1 heterocycles. The van der Waals surface area contributed by atoms with Gasteiger partial charge in [0.1, 0.15) is 5.75 Å². The summed E-state index contributed by atoms with van der Waals surface area (Å²) in [6.07, 6.45) is 0. The fraction of sp³-hybridized carbons (Fsp3) is 0.0833. The first-order valence-electron chi connectivity index (χ1n) is 5.35. The zero-order chi connectivity index (χ0) is 13.8. The van der Waals surface area contributed by atoms with Gasteiger partial charge in [0.05, 0.1) is 0 Å². The number of carbonyl (C=O) groups is 1. The summed E-state index contributed by atoms with van der Waals surface area (Å²) >= 11 is 0. The molecule has 0 aliphatic rings. The monoisotopic (exact) mass is 264 g/mol. The third kappa shape index (κ3) is 3.09. The largest absolute Gasteiger partial charge is 0.492 e. The highest BCUT2D eigenvalue weighted by molar-refractivity contribution is 5.71. The molecule has 19 heavy (non-hydrogen) atoms. The molecule has 100 valence electrons. The molecule has 0 fully saturated rings. The molecular formula is C12H12N2O5. The van der Waals surface area contributed by atoms with E-state index in [-0.39, 0.29) is 6.61 Å². The number of nitrogens with two attached hydrogens (primary N) is 1. The summed E-state index contributed by atoms with van der Waals surface area (Å²) in [5.74, 6) is -1.11. The van der Waals surface area contributed by atoms with Gasteiger partial charge in [-0.1, -0.05) is 0 Å². The molecule has 7 heteroatoms.